The summed E-state index contributed by atoms with van der Waals surface area (Å²) in [4.78, 5) is 14.2. The summed E-state index contributed by atoms with van der Waals surface area (Å²) in [5, 5.41) is 10.3. The van der Waals surface area contributed by atoms with Gasteiger partial charge in [0.15, 0.2) is 0 Å². The SMILES string of the molecule is Cc1cc(C)c(Nc2ccc(C(c3ccc(Nc4c(C)cc(C)cc4C)c(-c4ccccc4)c3)c3ccccc3S(=O)(=O)O)cc2C(=O)Nc2ccccc2)c(C)c1. The molecular weight excluding hydrogens is 739 g/mol. The molecule has 7 aromatic carbocycles. The fraction of sp³-hybridized carbons (Fsp3) is 0.140. The minimum atomic E-state index is -4.65. The number of carbonyl (C=O) groups is 1. The largest absolute Gasteiger partial charge is 0.355 e. The molecule has 292 valence electrons. The van der Waals surface area contributed by atoms with Gasteiger partial charge in [0, 0.05) is 34.2 Å². The second-order valence-corrected chi connectivity index (χ2v) is 16.4. The number of para-hydroxylation sites is 1. The molecule has 7 rings (SSSR count). The molecular formula is C50H47N3O4S. The lowest BCUT2D eigenvalue weighted by Crippen LogP contribution is -2.16. The molecule has 0 aromatic heterocycles. The molecule has 4 N–H and O–H groups in total. The summed E-state index contributed by atoms with van der Waals surface area (Å²) < 4.78 is 36.7. The van der Waals surface area contributed by atoms with Crippen LogP contribution in [0.5, 0.6) is 0 Å². The van der Waals surface area contributed by atoms with Crippen molar-refractivity contribution in [1.82, 2.24) is 0 Å². The van der Waals surface area contributed by atoms with E-state index in [0.29, 0.717) is 28.1 Å². The number of aryl methyl sites for hydroxylation is 6. The molecule has 1 amide bonds. The number of amides is 1. The standard InChI is InChI=1S/C50H47N3O4S/c1-31-25-33(3)48(34(4)26-31)52-44-23-21-38(29-42(44)37-15-9-7-10-16-37)47(41-19-13-14-20-46(41)58(55,56)57)39-22-24-45(53-49-35(5)27-32(2)28-36(49)6)43(30-39)50(54)51-40-17-11-8-12-18-40/h7-30,47,52-53H,1-6H3,(H,51,54)(H,55,56,57). The van der Waals surface area contributed by atoms with E-state index in [9.17, 15) is 17.8 Å². The lowest BCUT2D eigenvalue weighted by molar-refractivity contribution is 0.102. The van der Waals surface area contributed by atoms with E-state index in [1.54, 1.807) is 18.2 Å². The Labute approximate surface area is 341 Å². The molecule has 0 spiro atoms. The molecule has 7 aromatic rings. The van der Waals surface area contributed by atoms with Gasteiger partial charge in [-0.2, -0.15) is 8.42 Å². The van der Waals surface area contributed by atoms with Crippen molar-refractivity contribution in [3.05, 3.63) is 201 Å². The van der Waals surface area contributed by atoms with Gasteiger partial charge in [-0.1, -0.05) is 114 Å². The fourth-order valence-electron chi connectivity index (χ4n) is 7.99. The third-order valence-electron chi connectivity index (χ3n) is 10.5. The van der Waals surface area contributed by atoms with Crippen molar-refractivity contribution in [2.45, 2.75) is 52.4 Å². The van der Waals surface area contributed by atoms with Crippen LogP contribution in [0.1, 0.15) is 66.3 Å². The van der Waals surface area contributed by atoms with Gasteiger partial charge in [0.05, 0.1) is 16.1 Å². The molecule has 0 heterocycles. The van der Waals surface area contributed by atoms with Gasteiger partial charge >= 0.3 is 0 Å². The van der Waals surface area contributed by atoms with Crippen LogP contribution in [-0.2, 0) is 10.1 Å². The highest BCUT2D eigenvalue weighted by Crippen LogP contribution is 2.42. The van der Waals surface area contributed by atoms with Crippen molar-refractivity contribution >= 4 is 44.5 Å². The minimum Gasteiger partial charge on any atom is -0.355 e. The average molecular weight is 786 g/mol. The number of rotatable bonds is 11. The van der Waals surface area contributed by atoms with Crippen molar-refractivity contribution in [3.63, 3.8) is 0 Å². The predicted octanol–water partition coefficient (Wildman–Crippen LogP) is 12.4. The molecule has 0 radical (unpaired) electrons. The second kappa shape index (κ2) is 16.5. The van der Waals surface area contributed by atoms with Gasteiger partial charge in [0.25, 0.3) is 16.0 Å². The Bertz CT molecular complexity index is 2720. The van der Waals surface area contributed by atoms with Crippen molar-refractivity contribution in [2.75, 3.05) is 16.0 Å². The van der Waals surface area contributed by atoms with E-state index in [4.69, 9.17) is 0 Å². The zero-order chi connectivity index (χ0) is 41.1. The van der Waals surface area contributed by atoms with Crippen LogP contribution < -0.4 is 16.0 Å². The van der Waals surface area contributed by atoms with Crippen LogP contribution in [0.2, 0.25) is 0 Å². The van der Waals surface area contributed by atoms with E-state index < -0.39 is 16.0 Å². The van der Waals surface area contributed by atoms with Crippen LogP contribution >= 0.6 is 0 Å². The van der Waals surface area contributed by atoms with Crippen LogP contribution in [-0.4, -0.2) is 18.9 Å². The minimum absolute atomic E-state index is 0.210. The second-order valence-electron chi connectivity index (χ2n) is 15.0. The molecule has 0 fully saturated rings. The van der Waals surface area contributed by atoms with Crippen molar-refractivity contribution < 1.29 is 17.8 Å². The maximum atomic E-state index is 14.4. The molecule has 1 atom stereocenters. The zero-order valence-corrected chi connectivity index (χ0v) is 34.3. The van der Waals surface area contributed by atoms with Gasteiger partial charge in [0.1, 0.15) is 0 Å². The lowest BCUT2D eigenvalue weighted by atomic mass is 9.82. The van der Waals surface area contributed by atoms with Gasteiger partial charge in [-0.05, 0) is 129 Å². The van der Waals surface area contributed by atoms with Gasteiger partial charge < -0.3 is 16.0 Å². The molecule has 7 nitrogen and oxygen atoms in total. The summed E-state index contributed by atoms with van der Waals surface area (Å²) in [7, 11) is -4.65. The zero-order valence-electron chi connectivity index (χ0n) is 33.5. The quantitative estimate of drug-likeness (QED) is 0.0768. The average Bonchev–Trinajstić information content (AvgIpc) is 3.19. The first kappa shape index (κ1) is 39.7. The van der Waals surface area contributed by atoms with Crippen LogP contribution in [0.4, 0.5) is 28.4 Å². The Balaban J connectivity index is 1.45. The summed E-state index contributed by atoms with van der Waals surface area (Å²) in [6, 6.07) is 45.9. The molecule has 0 aliphatic rings. The number of carbonyl (C=O) groups excluding carboxylic acids is 1. The van der Waals surface area contributed by atoms with Gasteiger partial charge in [-0.15, -0.1) is 0 Å². The molecule has 58 heavy (non-hydrogen) atoms. The highest BCUT2D eigenvalue weighted by atomic mass is 32.2. The van der Waals surface area contributed by atoms with E-state index in [1.807, 2.05) is 105 Å². The van der Waals surface area contributed by atoms with Crippen LogP contribution in [0.25, 0.3) is 11.1 Å². The molecule has 0 aliphatic heterocycles. The van der Waals surface area contributed by atoms with Crippen molar-refractivity contribution in [3.8, 4) is 11.1 Å². The van der Waals surface area contributed by atoms with Crippen molar-refractivity contribution in [2.24, 2.45) is 0 Å². The van der Waals surface area contributed by atoms with E-state index in [-0.39, 0.29) is 10.8 Å². The Morgan fingerprint density at radius 2 is 1.03 bits per heavy atom. The Morgan fingerprint density at radius 3 is 1.60 bits per heavy atom. The maximum absolute atomic E-state index is 14.4. The summed E-state index contributed by atoms with van der Waals surface area (Å²) in [5.41, 5.74) is 14.6. The third kappa shape index (κ3) is 8.59. The lowest BCUT2D eigenvalue weighted by Gasteiger charge is -2.25. The molecule has 1 unspecified atom stereocenters. The molecule has 0 saturated heterocycles. The number of hydrogen-bond acceptors (Lipinski definition) is 5. The maximum Gasteiger partial charge on any atom is 0.294 e. The summed E-state index contributed by atoms with van der Waals surface area (Å²) in [6.07, 6.45) is 0. The normalized spacial score (nSPS) is 11.8. The fourth-order valence-corrected chi connectivity index (χ4v) is 8.73. The molecule has 8 heteroatoms. The summed E-state index contributed by atoms with van der Waals surface area (Å²) in [5.74, 6) is -1.06. The summed E-state index contributed by atoms with van der Waals surface area (Å²) in [6.45, 7) is 12.4. The first-order valence-corrected chi connectivity index (χ1v) is 20.7. The Morgan fingerprint density at radius 1 is 0.552 bits per heavy atom. The highest BCUT2D eigenvalue weighted by molar-refractivity contribution is 7.85. The van der Waals surface area contributed by atoms with E-state index in [2.05, 4.69) is 74.0 Å². The van der Waals surface area contributed by atoms with Crippen LogP contribution in [0, 0.1) is 41.5 Å². The van der Waals surface area contributed by atoms with Gasteiger partial charge in [-0.3, -0.25) is 9.35 Å². The number of benzene rings is 7. The highest BCUT2D eigenvalue weighted by Gasteiger charge is 2.28. The Kier molecular flexibility index (Phi) is 11.3. The third-order valence-corrected chi connectivity index (χ3v) is 11.4. The van der Waals surface area contributed by atoms with E-state index >= 15 is 0 Å². The van der Waals surface area contributed by atoms with Crippen LogP contribution in [0.3, 0.4) is 0 Å². The van der Waals surface area contributed by atoms with Crippen LogP contribution in [0.15, 0.2) is 150 Å². The first-order chi connectivity index (χ1) is 27.8. The monoisotopic (exact) mass is 785 g/mol. The number of anilines is 5. The van der Waals surface area contributed by atoms with E-state index in [1.165, 1.54) is 11.6 Å². The molecule has 0 bridgehead atoms. The predicted molar refractivity (Wildman–Crippen MR) is 238 cm³/mol. The number of hydrogen-bond donors (Lipinski definition) is 4. The topological polar surface area (TPSA) is 108 Å². The smallest absolute Gasteiger partial charge is 0.294 e. The van der Waals surface area contributed by atoms with Gasteiger partial charge in [0.2, 0.25) is 0 Å². The first-order valence-electron chi connectivity index (χ1n) is 19.2. The summed E-state index contributed by atoms with van der Waals surface area (Å²) >= 11 is 0. The Hall–Kier alpha value is -6.48. The molecule has 0 saturated carbocycles. The molecule has 0 aliphatic carbocycles. The number of nitrogens with one attached hydrogen (secondary N) is 3. The van der Waals surface area contributed by atoms with Crippen molar-refractivity contribution in [1.29, 1.82) is 0 Å². The van der Waals surface area contributed by atoms with Gasteiger partial charge in [-0.25, -0.2) is 0 Å². The van der Waals surface area contributed by atoms with E-state index in [0.717, 1.165) is 61.6 Å².